The highest BCUT2D eigenvalue weighted by molar-refractivity contribution is 8.19. The van der Waals surface area contributed by atoms with Crippen LogP contribution in [0.4, 0.5) is 10.5 Å². The van der Waals surface area contributed by atoms with Crippen molar-refractivity contribution in [1.29, 1.82) is 0 Å². The lowest BCUT2D eigenvalue weighted by molar-refractivity contribution is -0.113. The molecule has 1 aliphatic heterocycles. The number of rotatable bonds is 5. The second-order valence-corrected chi connectivity index (χ2v) is 7.33. The first kappa shape index (κ1) is 18.5. The van der Waals surface area contributed by atoms with Crippen molar-refractivity contribution in [3.05, 3.63) is 64.0 Å². The van der Waals surface area contributed by atoms with Gasteiger partial charge in [0.1, 0.15) is 5.75 Å². The van der Waals surface area contributed by atoms with Gasteiger partial charge in [-0.2, -0.15) is 0 Å². The van der Waals surface area contributed by atoms with Gasteiger partial charge in [0, 0.05) is 5.02 Å². The molecular weight excluding hydrogens is 370 g/mol. The van der Waals surface area contributed by atoms with Crippen LogP contribution in [0.5, 0.6) is 5.75 Å². The number of hydrogen-bond donors (Lipinski definition) is 0. The zero-order chi connectivity index (χ0) is 18.7. The Morgan fingerprint density at radius 3 is 2.58 bits per heavy atom. The maximum absolute atomic E-state index is 12.6. The Morgan fingerprint density at radius 2 is 1.92 bits per heavy atom. The third-order valence-electron chi connectivity index (χ3n) is 3.95. The number of hydrogen-bond acceptors (Lipinski definition) is 4. The van der Waals surface area contributed by atoms with E-state index < -0.39 is 0 Å². The van der Waals surface area contributed by atoms with Crippen LogP contribution in [0.2, 0.25) is 5.02 Å². The normalized spacial score (nSPS) is 17.0. The quantitative estimate of drug-likeness (QED) is 0.612. The van der Waals surface area contributed by atoms with Gasteiger partial charge in [-0.25, -0.2) is 4.90 Å². The Labute approximate surface area is 161 Å². The highest BCUT2D eigenvalue weighted by Gasteiger charge is 2.36. The fourth-order valence-electron chi connectivity index (χ4n) is 2.42. The third kappa shape index (κ3) is 4.11. The Hall–Kier alpha value is -2.24. The molecule has 0 radical (unpaired) electrons. The van der Waals surface area contributed by atoms with Gasteiger partial charge in [-0.3, -0.25) is 9.59 Å². The summed E-state index contributed by atoms with van der Waals surface area (Å²) in [7, 11) is 0. The van der Waals surface area contributed by atoms with Crippen molar-refractivity contribution in [2.24, 2.45) is 0 Å². The molecule has 0 unspecified atom stereocenters. The van der Waals surface area contributed by atoms with Crippen molar-refractivity contribution < 1.29 is 14.3 Å². The van der Waals surface area contributed by atoms with Gasteiger partial charge < -0.3 is 4.74 Å². The summed E-state index contributed by atoms with van der Waals surface area (Å²) in [6.07, 6.45) is 2.79. The van der Waals surface area contributed by atoms with E-state index in [0.29, 0.717) is 15.6 Å². The predicted molar refractivity (Wildman–Crippen MR) is 107 cm³/mol. The lowest BCUT2D eigenvalue weighted by Gasteiger charge is -2.12. The summed E-state index contributed by atoms with van der Waals surface area (Å²) in [5.41, 5.74) is 1.30. The van der Waals surface area contributed by atoms with Gasteiger partial charge >= 0.3 is 0 Å². The molecule has 2 aromatic rings. The maximum Gasteiger partial charge on any atom is 0.298 e. The smallest absolute Gasteiger partial charge is 0.298 e. The van der Waals surface area contributed by atoms with E-state index in [-0.39, 0.29) is 17.3 Å². The molecule has 0 aromatic heterocycles. The van der Waals surface area contributed by atoms with E-state index in [0.717, 1.165) is 34.4 Å². The van der Waals surface area contributed by atoms with E-state index >= 15 is 0 Å². The summed E-state index contributed by atoms with van der Waals surface area (Å²) in [5, 5.41) is 0.141. The highest BCUT2D eigenvalue weighted by atomic mass is 35.5. The summed E-state index contributed by atoms with van der Waals surface area (Å²) < 4.78 is 5.75. The minimum Gasteiger partial charge on any atom is -0.491 e. The van der Waals surface area contributed by atoms with Crippen LogP contribution in [0.3, 0.4) is 0 Å². The molecule has 1 heterocycles. The number of amides is 2. The first-order chi connectivity index (χ1) is 12.5. The zero-order valence-electron chi connectivity index (χ0n) is 14.4. The number of anilines is 1. The first-order valence-corrected chi connectivity index (χ1v) is 9.47. The van der Waals surface area contributed by atoms with Gasteiger partial charge in [0.25, 0.3) is 11.1 Å². The standard InChI is InChI=1S/C20H18ClNO3S/c1-3-13(2)25-17-9-7-14(8-10-17)11-18-19(23)22(20(24)26-18)16-6-4-5-15(21)12-16/h4-13H,3H2,1-2H3/b18-11+/t13-/m0/s1. The van der Waals surface area contributed by atoms with E-state index in [1.54, 1.807) is 30.3 Å². The Kier molecular flexibility index (Phi) is 5.69. The minimum absolute atomic E-state index is 0.148. The van der Waals surface area contributed by atoms with Crippen molar-refractivity contribution >= 4 is 46.3 Å². The van der Waals surface area contributed by atoms with Gasteiger partial charge in [0.05, 0.1) is 16.7 Å². The number of benzene rings is 2. The fourth-order valence-corrected chi connectivity index (χ4v) is 3.44. The number of nitrogens with zero attached hydrogens (tertiary/aromatic N) is 1. The molecule has 1 fully saturated rings. The second kappa shape index (κ2) is 7.98. The number of imide groups is 1. The van der Waals surface area contributed by atoms with Gasteiger partial charge in [0.15, 0.2) is 0 Å². The lowest BCUT2D eigenvalue weighted by atomic mass is 10.2. The third-order valence-corrected chi connectivity index (χ3v) is 5.05. The molecule has 2 aromatic carbocycles. The molecule has 3 rings (SSSR count). The van der Waals surface area contributed by atoms with E-state index in [1.165, 1.54) is 0 Å². The van der Waals surface area contributed by atoms with Crippen LogP contribution in [0.15, 0.2) is 53.4 Å². The Bertz CT molecular complexity index is 864. The van der Waals surface area contributed by atoms with E-state index in [9.17, 15) is 9.59 Å². The summed E-state index contributed by atoms with van der Waals surface area (Å²) in [4.78, 5) is 26.4. The molecule has 0 aliphatic carbocycles. The molecular formula is C20H18ClNO3S. The summed E-state index contributed by atoms with van der Waals surface area (Å²) in [6.45, 7) is 4.08. The van der Waals surface area contributed by atoms with Gasteiger partial charge in [-0.05, 0) is 67.1 Å². The van der Waals surface area contributed by atoms with Crippen molar-refractivity contribution in [1.82, 2.24) is 0 Å². The molecule has 2 amide bonds. The van der Waals surface area contributed by atoms with Crippen LogP contribution in [-0.4, -0.2) is 17.3 Å². The van der Waals surface area contributed by atoms with Gasteiger partial charge in [-0.1, -0.05) is 36.7 Å². The van der Waals surface area contributed by atoms with E-state index in [1.807, 2.05) is 31.2 Å². The Morgan fingerprint density at radius 1 is 1.19 bits per heavy atom. The summed E-state index contributed by atoms with van der Waals surface area (Å²) in [5.74, 6) is 0.436. The van der Waals surface area contributed by atoms with Crippen LogP contribution < -0.4 is 9.64 Å². The lowest BCUT2D eigenvalue weighted by Crippen LogP contribution is -2.27. The molecule has 0 spiro atoms. The average molecular weight is 388 g/mol. The summed E-state index contributed by atoms with van der Waals surface area (Å²) in [6, 6.07) is 14.1. The van der Waals surface area contributed by atoms with Crippen LogP contribution in [0.25, 0.3) is 6.08 Å². The Balaban J connectivity index is 1.79. The topological polar surface area (TPSA) is 46.6 Å². The predicted octanol–water partition coefficient (Wildman–Crippen LogP) is 5.76. The van der Waals surface area contributed by atoms with Crippen LogP contribution in [0.1, 0.15) is 25.8 Å². The first-order valence-electron chi connectivity index (χ1n) is 8.28. The molecule has 0 saturated carbocycles. The number of carbonyl (C=O) groups excluding carboxylic acids is 2. The van der Waals surface area contributed by atoms with Crippen LogP contribution in [-0.2, 0) is 4.79 Å². The number of ether oxygens (including phenoxy) is 1. The van der Waals surface area contributed by atoms with Gasteiger partial charge in [0.2, 0.25) is 0 Å². The van der Waals surface area contributed by atoms with Crippen molar-refractivity contribution in [2.45, 2.75) is 26.4 Å². The average Bonchev–Trinajstić information content (AvgIpc) is 2.90. The molecule has 1 aliphatic rings. The molecule has 26 heavy (non-hydrogen) atoms. The SMILES string of the molecule is CC[C@H](C)Oc1ccc(/C=C2/SC(=O)N(c3cccc(Cl)c3)C2=O)cc1. The molecule has 0 bridgehead atoms. The molecule has 134 valence electrons. The van der Waals surface area contributed by atoms with Crippen molar-refractivity contribution in [2.75, 3.05) is 4.90 Å². The largest absolute Gasteiger partial charge is 0.491 e. The van der Waals surface area contributed by atoms with E-state index in [4.69, 9.17) is 16.3 Å². The maximum atomic E-state index is 12.6. The van der Waals surface area contributed by atoms with Gasteiger partial charge in [-0.15, -0.1) is 0 Å². The second-order valence-electron chi connectivity index (χ2n) is 5.90. The number of thioether (sulfide) groups is 1. The zero-order valence-corrected chi connectivity index (χ0v) is 16.0. The molecule has 1 saturated heterocycles. The fraction of sp³-hybridized carbons (Fsp3) is 0.200. The molecule has 0 N–H and O–H groups in total. The van der Waals surface area contributed by atoms with Crippen molar-refractivity contribution in [3.8, 4) is 5.75 Å². The van der Waals surface area contributed by atoms with Crippen LogP contribution in [0, 0.1) is 0 Å². The minimum atomic E-state index is -0.345. The molecule has 1 atom stereocenters. The number of halogens is 1. The molecule has 6 heteroatoms. The number of carbonyl (C=O) groups is 2. The monoisotopic (exact) mass is 387 g/mol. The molecule has 4 nitrogen and oxygen atoms in total. The van der Waals surface area contributed by atoms with Crippen molar-refractivity contribution in [3.63, 3.8) is 0 Å². The highest BCUT2D eigenvalue weighted by Crippen LogP contribution is 2.36. The summed E-state index contributed by atoms with van der Waals surface area (Å²) >= 11 is 6.88. The van der Waals surface area contributed by atoms with Crippen LogP contribution >= 0.6 is 23.4 Å². The van der Waals surface area contributed by atoms with E-state index in [2.05, 4.69) is 6.92 Å².